The molecule has 342 valence electrons. The molecule has 0 fully saturated rings. The van der Waals surface area contributed by atoms with Crippen LogP contribution < -0.4 is 4.74 Å². The van der Waals surface area contributed by atoms with Crippen LogP contribution in [0.2, 0.25) is 0 Å². The van der Waals surface area contributed by atoms with Crippen molar-refractivity contribution in [1.29, 1.82) is 0 Å². The zero-order valence-electron chi connectivity index (χ0n) is 43.0. The van der Waals surface area contributed by atoms with Crippen LogP contribution in [0.1, 0.15) is 272 Å². The molecule has 1 rings (SSSR count). The average molecular weight is 811 g/mol. The number of hydrogen-bond acceptors (Lipinski definition) is 2. The number of ether oxygens (including phenoxy) is 1. The first-order valence-corrected chi connectivity index (χ1v) is 26.1. The lowest BCUT2D eigenvalue weighted by Gasteiger charge is -2.78. The van der Waals surface area contributed by atoms with Crippen molar-refractivity contribution < 1.29 is 9.84 Å². The van der Waals surface area contributed by atoms with E-state index in [9.17, 15) is 5.11 Å². The van der Waals surface area contributed by atoms with Crippen LogP contribution in [0.25, 0.3) is 0 Å². The first-order chi connectivity index (χ1) is 27.7. The highest BCUT2D eigenvalue weighted by atomic mass is 16.6. The molecule has 1 N–H and O–H groups in total. The molecule has 1 atom stereocenters. The first kappa shape index (κ1) is 55.0. The average Bonchev–Trinajstić information content (AvgIpc) is 3.27. The molecule has 0 aliphatic carbocycles. The number of unbranched alkanes of at least 4 members (excludes halogenated alkanes) is 4. The Bertz CT molecular complexity index is 1210. The maximum Gasteiger partial charge on any atom is 0.214 e. The van der Waals surface area contributed by atoms with Gasteiger partial charge in [-0.25, -0.2) is 0 Å². The summed E-state index contributed by atoms with van der Waals surface area (Å²) in [4.78, 5) is 0. The van der Waals surface area contributed by atoms with Gasteiger partial charge in [0, 0.05) is 11.8 Å². The van der Waals surface area contributed by atoms with E-state index < -0.39 is 11.2 Å². The zero-order chi connectivity index (χ0) is 44.6. The van der Waals surface area contributed by atoms with Crippen molar-refractivity contribution in [3.05, 3.63) is 30.3 Å². The van der Waals surface area contributed by atoms with Gasteiger partial charge >= 0.3 is 0 Å². The van der Waals surface area contributed by atoms with Gasteiger partial charge in [-0.3, -0.25) is 0 Å². The Morgan fingerprint density at radius 1 is 0.345 bits per heavy atom. The Morgan fingerprint density at radius 2 is 0.655 bits per heavy atom. The summed E-state index contributed by atoms with van der Waals surface area (Å²) < 4.78 is 7.10. The van der Waals surface area contributed by atoms with Gasteiger partial charge < -0.3 is 9.84 Å². The highest BCUT2D eigenvalue weighted by molar-refractivity contribution is 5.26. The van der Waals surface area contributed by atoms with Crippen LogP contribution in [0.4, 0.5) is 0 Å². The Kier molecular flexibility index (Phi) is 22.2. The summed E-state index contributed by atoms with van der Waals surface area (Å²) in [5, 5.41) is 13.6. The summed E-state index contributed by atoms with van der Waals surface area (Å²) in [6.45, 7) is 45.6. The van der Waals surface area contributed by atoms with Gasteiger partial charge in [-0.15, -0.1) is 0 Å². The van der Waals surface area contributed by atoms with Gasteiger partial charge in [0.15, 0.2) is 0 Å². The molecule has 0 saturated carbocycles. The highest BCUT2D eigenvalue weighted by Crippen LogP contribution is 2.82. The fraction of sp³-hybridized carbons (Fsp3) is 0.893. The third-order valence-electron chi connectivity index (χ3n) is 20.3. The summed E-state index contributed by atoms with van der Waals surface area (Å²) in [5.74, 6) is -0.544. The van der Waals surface area contributed by atoms with Gasteiger partial charge in [0.2, 0.25) is 5.79 Å². The van der Waals surface area contributed by atoms with Crippen molar-refractivity contribution in [3.8, 4) is 5.75 Å². The monoisotopic (exact) mass is 811 g/mol. The molecular weight excluding hydrogens is 705 g/mol. The van der Waals surface area contributed by atoms with E-state index in [0.29, 0.717) is 6.42 Å². The van der Waals surface area contributed by atoms with Crippen LogP contribution in [0, 0.1) is 43.3 Å². The van der Waals surface area contributed by atoms with E-state index in [2.05, 4.69) is 143 Å². The standard InChI is InChI=1S/C56H106O2/c1-19-37-38-39-43-46-48(20-2,21-3)49(22-4,23-5)50(24-6,25-7)51(26-8,27-9)52(28-10,29-11)53(30-12,31-13)54(32-14,33-15)55(34-16,35-17)56(57,36-18)58-47-44-41-40-42-45-47/h40-42,44-45,57H,19-39,43,46H2,1-18H3. The Morgan fingerprint density at radius 3 is 0.948 bits per heavy atom. The van der Waals surface area contributed by atoms with Crippen LogP contribution in [0.3, 0.4) is 0 Å². The molecule has 1 unspecified atom stereocenters. The fourth-order valence-corrected chi connectivity index (χ4v) is 18.1. The van der Waals surface area contributed by atoms with Crippen molar-refractivity contribution in [3.63, 3.8) is 0 Å². The van der Waals surface area contributed by atoms with Crippen LogP contribution in [0.5, 0.6) is 5.75 Å². The molecule has 1 aromatic rings. The second-order valence-electron chi connectivity index (χ2n) is 19.2. The smallest absolute Gasteiger partial charge is 0.214 e. The second kappa shape index (κ2) is 23.4. The van der Waals surface area contributed by atoms with Crippen LogP contribution in [-0.2, 0) is 0 Å². The molecule has 0 spiro atoms. The molecule has 0 aliphatic rings. The molecule has 0 bridgehead atoms. The summed E-state index contributed by atoms with van der Waals surface area (Å²) >= 11 is 0. The largest absolute Gasteiger partial charge is 0.462 e. The number of rotatable bonds is 33. The maximum atomic E-state index is 13.6. The molecule has 0 aromatic heterocycles. The molecular formula is C56H106O2. The quantitative estimate of drug-likeness (QED) is 0.0566. The van der Waals surface area contributed by atoms with Gasteiger partial charge in [-0.1, -0.05) is 175 Å². The van der Waals surface area contributed by atoms with Crippen LogP contribution >= 0.6 is 0 Å². The van der Waals surface area contributed by atoms with Crippen molar-refractivity contribution in [2.75, 3.05) is 0 Å². The van der Waals surface area contributed by atoms with Gasteiger partial charge in [-0.05, 0) is 159 Å². The molecule has 0 amide bonds. The molecule has 2 nitrogen and oxygen atoms in total. The third-order valence-corrected chi connectivity index (χ3v) is 20.3. The summed E-state index contributed by atoms with van der Waals surface area (Å²) in [5.41, 5.74) is -0.0742. The van der Waals surface area contributed by atoms with E-state index in [1.54, 1.807) is 0 Å². The van der Waals surface area contributed by atoms with E-state index in [-0.39, 0.29) is 37.9 Å². The van der Waals surface area contributed by atoms with Gasteiger partial charge in [0.25, 0.3) is 0 Å². The van der Waals surface area contributed by atoms with Crippen molar-refractivity contribution >= 4 is 0 Å². The van der Waals surface area contributed by atoms with Gasteiger partial charge in [0.1, 0.15) is 5.75 Å². The van der Waals surface area contributed by atoms with Crippen molar-refractivity contribution in [1.82, 2.24) is 0 Å². The molecule has 58 heavy (non-hydrogen) atoms. The van der Waals surface area contributed by atoms with Crippen LogP contribution in [0.15, 0.2) is 30.3 Å². The number of hydrogen-bond donors (Lipinski definition) is 1. The predicted octanol–water partition coefficient (Wildman–Crippen LogP) is 19.0. The number of para-hydroxylation sites is 1. The Labute approximate surface area is 366 Å². The molecule has 0 aliphatic heterocycles. The van der Waals surface area contributed by atoms with Crippen LogP contribution in [-0.4, -0.2) is 10.9 Å². The zero-order valence-corrected chi connectivity index (χ0v) is 43.0. The lowest BCUT2D eigenvalue weighted by atomic mass is 9.26. The minimum Gasteiger partial charge on any atom is -0.462 e. The Balaban J connectivity index is 4.85. The van der Waals surface area contributed by atoms with Gasteiger partial charge in [-0.2, -0.15) is 0 Å². The lowest BCUT2D eigenvalue weighted by molar-refractivity contribution is -0.337. The van der Waals surface area contributed by atoms with E-state index in [0.717, 1.165) is 57.1 Å². The second-order valence-corrected chi connectivity index (χ2v) is 19.2. The van der Waals surface area contributed by atoms with E-state index >= 15 is 0 Å². The number of aliphatic hydroxyl groups is 1. The summed E-state index contributed by atoms with van der Waals surface area (Å²) in [7, 11) is 0. The van der Waals surface area contributed by atoms with E-state index in [4.69, 9.17) is 4.74 Å². The topological polar surface area (TPSA) is 29.5 Å². The molecule has 0 heterocycles. The summed E-state index contributed by atoms with van der Waals surface area (Å²) in [6, 6.07) is 10.3. The molecule has 2 heteroatoms. The van der Waals surface area contributed by atoms with E-state index in [1.165, 1.54) is 89.9 Å². The maximum absolute atomic E-state index is 13.6. The SMILES string of the molecule is CCCCCCCC(CC)(CC)C(CC)(CC)C(CC)(CC)C(CC)(CC)C(CC)(CC)C(CC)(CC)C(CC)(CC)C(CC)(CC)C(O)(CC)Oc1ccccc1. The molecule has 0 saturated heterocycles. The van der Waals surface area contributed by atoms with Crippen molar-refractivity contribution in [2.45, 2.75) is 278 Å². The van der Waals surface area contributed by atoms with Gasteiger partial charge in [0.05, 0.1) is 0 Å². The number of benzene rings is 1. The third kappa shape index (κ3) is 7.84. The highest BCUT2D eigenvalue weighted by Gasteiger charge is 2.77. The predicted molar refractivity (Wildman–Crippen MR) is 260 cm³/mol. The lowest BCUT2D eigenvalue weighted by Crippen LogP contribution is -2.73. The minimum absolute atomic E-state index is 0.00592. The normalized spacial score (nSPS) is 15.2. The van der Waals surface area contributed by atoms with E-state index in [1.807, 2.05) is 12.1 Å². The summed E-state index contributed by atoms with van der Waals surface area (Å²) in [6.07, 6.45) is 27.0. The fourth-order valence-electron chi connectivity index (χ4n) is 18.1. The van der Waals surface area contributed by atoms with Crippen molar-refractivity contribution in [2.24, 2.45) is 43.3 Å². The Hall–Kier alpha value is -1.02. The molecule has 0 radical (unpaired) electrons. The molecule has 1 aromatic carbocycles. The minimum atomic E-state index is -1.33. The first-order valence-electron chi connectivity index (χ1n) is 26.1.